The molecule has 0 unspecified atom stereocenters. The first kappa shape index (κ1) is 36.1. The molecule has 10 aromatic rings. The van der Waals surface area contributed by atoms with Gasteiger partial charge in [0.2, 0.25) is 0 Å². The number of nitrogens with zero attached hydrogens (tertiary/aromatic N) is 3. The molecule has 8 aromatic carbocycles. The van der Waals surface area contributed by atoms with Gasteiger partial charge in [-0.15, -0.1) is 0 Å². The van der Waals surface area contributed by atoms with E-state index in [1.165, 1.54) is 35.2 Å². The van der Waals surface area contributed by atoms with Crippen LogP contribution in [0.15, 0.2) is 162 Å². The molecule has 0 saturated heterocycles. The largest absolute Gasteiger partial charge is 0.456 e. The molecule has 0 radical (unpaired) electrons. The van der Waals surface area contributed by atoms with E-state index in [1.807, 2.05) is 36.4 Å². The zero-order valence-electron chi connectivity index (χ0n) is 34.1. The van der Waals surface area contributed by atoms with Crippen molar-refractivity contribution in [3.8, 4) is 56.4 Å². The molecule has 0 fully saturated rings. The van der Waals surface area contributed by atoms with Gasteiger partial charge < -0.3 is 4.42 Å². The van der Waals surface area contributed by atoms with Crippen molar-refractivity contribution in [1.29, 1.82) is 0 Å². The number of benzene rings is 8. The van der Waals surface area contributed by atoms with Crippen molar-refractivity contribution in [2.45, 2.75) is 51.4 Å². The van der Waals surface area contributed by atoms with E-state index in [4.69, 9.17) is 19.4 Å². The maximum atomic E-state index is 14.7. The van der Waals surface area contributed by atoms with Crippen molar-refractivity contribution in [2.75, 3.05) is 0 Å². The van der Waals surface area contributed by atoms with E-state index >= 15 is 0 Å². The molecule has 5 heteroatoms. The fourth-order valence-electron chi connectivity index (χ4n) is 9.44. The molecule has 1 aliphatic carbocycles. The number of aromatic nitrogens is 3. The van der Waals surface area contributed by atoms with Crippen molar-refractivity contribution in [3.05, 3.63) is 175 Å². The monoisotopic (exact) mass is 779 g/mol. The van der Waals surface area contributed by atoms with Crippen molar-refractivity contribution in [1.82, 2.24) is 15.0 Å². The summed E-state index contributed by atoms with van der Waals surface area (Å²) in [4.78, 5) is 15.1. The van der Waals surface area contributed by atoms with Gasteiger partial charge in [-0.05, 0) is 121 Å². The number of hydrogen-bond donors (Lipinski definition) is 0. The molecule has 0 N–H and O–H groups in total. The summed E-state index contributed by atoms with van der Waals surface area (Å²) in [5.41, 5.74) is 11.6. The second kappa shape index (κ2) is 13.5. The summed E-state index contributed by atoms with van der Waals surface area (Å²) in [5.74, 6) is 1.10. The molecule has 0 spiro atoms. The lowest BCUT2D eigenvalue weighted by molar-refractivity contribution is 0.332. The minimum atomic E-state index is -0.347. The van der Waals surface area contributed by atoms with Gasteiger partial charge in [-0.1, -0.05) is 143 Å². The van der Waals surface area contributed by atoms with Crippen molar-refractivity contribution in [3.63, 3.8) is 0 Å². The van der Waals surface area contributed by atoms with Gasteiger partial charge in [0.05, 0.1) is 0 Å². The highest BCUT2D eigenvalue weighted by Gasteiger charge is 2.37. The van der Waals surface area contributed by atoms with Crippen LogP contribution in [-0.4, -0.2) is 15.0 Å². The average molecular weight is 780 g/mol. The number of rotatable bonds is 5. The van der Waals surface area contributed by atoms with Gasteiger partial charge in [0.15, 0.2) is 17.5 Å². The Morgan fingerprint density at radius 2 is 1.07 bits per heavy atom. The average Bonchev–Trinajstić information content (AvgIpc) is 3.66. The van der Waals surface area contributed by atoms with Crippen LogP contribution in [0.2, 0.25) is 0 Å². The topological polar surface area (TPSA) is 51.8 Å². The Balaban J connectivity index is 1.13. The molecule has 2 aromatic heterocycles. The highest BCUT2D eigenvalue weighted by atomic mass is 19.1. The lowest BCUT2D eigenvalue weighted by Gasteiger charge is -2.42. The third kappa shape index (κ3) is 5.99. The molecule has 11 rings (SSSR count). The van der Waals surface area contributed by atoms with Crippen LogP contribution in [0.3, 0.4) is 0 Å². The van der Waals surface area contributed by atoms with Crippen LogP contribution in [0, 0.1) is 5.82 Å². The molecule has 2 heterocycles. The van der Waals surface area contributed by atoms with E-state index < -0.39 is 0 Å². The summed E-state index contributed by atoms with van der Waals surface area (Å²) in [6, 6.07) is 53.6. The van der Waals surface area contributed by atoms with Gasteiger partial charge in [0.1, 0.15) is 17.0 Å². The van der Waals surface area contributed by atoms with E-state index in [0.29, 0.717) is 23.0 Å². The molecule has 0 atom stereocenters. The first-order chi connectivity index (χ1) is 29.1. The quantitative estimate of drug-likeness (QED) is 0.175. The van der Waals surface area contributed by atoms with Gasteiger partial charge in [0, 0.05) is 27.5 Å². The molecular formula is C55H42FN3O. The van der Waals surface area contributed by atoms with Gasteiger partial charge in [-0.3, -0.25) is 0 Å². The maximum absolute atomic E-state index is 14.7. The van der Waals surface area contributed by atoms with Crippen molar-refractivity contribution in [2.24, 2.45) is 0 Å². The molecular weight excluding hydrogens is 738 g/mol. The second-order valence-corrected chi connectivity index (χ2v) is 17.6. The maximum Gasteiger partial charge on any atom is 0.164 e. The fourth-order valence-corrected chi connectivity index (χ4v) is 9.44. The fraction of sp³-hybridized carbons (Fsp3) is 0.145. The molecule has 0 aliphatic heterocycles. The van der Waals surface area contributed by atoms with Crippen LogP contribution in [0.1, 0.15) is 51.7 Å². The number of fused-ring (bicyclic) bond motifs is 6. The predicted octanol–water partition coefficient (Wildman–Crippen LogP) is 14.9. The number of para-hydroxylation sites is 1. The van der Waals surface area contributed by atoms with E-state index in [9.17, 15) is 4.39 Å². The van der Waals surface area contributed by atoms with Crippen LogP contribution in [-0.2, 0) is 10.8 Å². The summed E-state index contributed by atoms with van der Waals surface area (Å²) >= 11 is 0. The van der Waals surface area contributed by atoms with Crippen molar-refractivity contribution >= 4 is 43.5 Å². The molecule has 0 bridgehead atoms. The van der Waals surface area contributed by atoms with Crippen molar-refractivity contribution < 1.29 is 8.81 Å². The van der Waals surface area contributed by atoms with Crippen LogP contribution in [0.25, 0.3) is 99.9 Å². The highest BCUT2D eigenvalue weighted by molar-refractivity contribution is 6.17. The van der Waals surface area contributed by atoms with Gasteiger partial charge in [0.25, 0.3) is 0 Å². The van der Waals surface area contributed by atoms with Gasteiger partial charge in [-0.2, -0.15) is 0 Å². The third-order valence-electron chi connectivity index (χ3n) is 12.8. The normalized spacial score (nSPS) is 14.6. The van der Waals surface area contributed by atoms with Gasteiger partial charge >= 0.3 is 0 Å². The number of halogens is 1. The summed E-state index contributed by atoms with van der Waals surface area (Å²) in [6.45, 7) is 9.50. The molecule has 60 heavy (non-hydrogen) atoms. The lowest BCUT2D eigenvalue weighted by Crippen LogP contribution is -2.33. The molecule has 0 saturated carbocycles. The Morgan fingerprint density at radius 3 is 1.85 bits per heavy atom. The second-order valence-electron chi connectivity index (χ2n) is 17.6. The van der Waals surface area contributed by atoms with Crippen LogP contribution >= 0.6 is 0 Å². The summed E-state index contributed by atoms with van der Waals surface area (Å²) in [5, 5.41) is 6.44. The van der Waals surface area contributed by atoms with Crippen LogP contribution in [0.5, 0.6) is 0 Å². The SMILES string of the molecule is CC1(C)CCC(C)(C)c2cc(-c3cc(-c4ccc(-c5nc(-c6cccc(F)c6)nc(-c6ccc7ccccc7c6)n5)c5ccccc45)c4c(c3)oc3ccccc34)ccc21. The summed E-state index contributed by atoms with van der Waals surface area (Å²) < 4.78 is 21.3. The first-order valence-electron chi connectivity index (χ1n) is 20.7. The standard InChI is InChI=1S/C55H42FN3O/c1-54(2)26-27-55(3,4)47-31-35(22-25-46(47)54)38-30-45(50-44-18-9-10-19-48(44)60-49(50)32-38)42-23-24-43(41-17-8-7-16-40(41)42)53-58-51(36-14-11-15-39(56)29-36)57-52(59-53)37-21-20-33-12-5-6-13-34(33)28-37/h5-25,28-32H,26-27H2,1-4H3. The Bertz CT molecular complexity index is 3360. The Labute approximate surface area is 348 Å². The summed E-state index contributed by atoms with van der Waals surface area (Å²) in [6.07, 6.45) is 2.32. The molecule has 290 valence electrons. The van der Waals surface area contributed by atoms with E-state index in [1.54, 1.807) is 6.07 Å². The molecule has 0 amide bonds. The highest BCUT2D eigenvalue weighted by Crippen LogP contribution is 2.48. The molecule has 1 aliphatic rings. The Morgan fingerprint density at radius 1 is 0.433 bits per heavy atom. The predicted molar refractivity (Wildman–Crippen MR) is 245 cm³/mol. The van der Waals surface area contributed by atoms with Crippen LogP contribution < -0.4 is 0 Å². The summed E-state index contributed by atoms with van der Waals surface area (Å²) in [7, 11) is 0. The smallest absolute Gasteiger partial charge is 0.164 e. The van der Waals surface area contributed by atoms with Gasteiger partial charge in [-0.25, -0.2) is 19.3 Å². The zero-order valence-corrected chi connectivity index (χ0v) is 34.1. The lowest BCUT2D eigenvalue weighted by atomic mass is 9.63. The zero-order chi connectivity index (χ0) is 40.8. The minimum absolute atomic E-state index is 0.0803. The first-order valence-corrected chi connectivity index (χ1v) is 20.7. The van der Waals surface area contributed by atoms with E-state index in [2.05, 4.69) is 131 Å². The Hall–Kier alpha value is -6.98. The number of furan rings is 1. The third-order valence-corrected chi connectivity index (χ3v) is 12.8. The van der Waals surface area contributed by atoms with Crippen LogP contribution in [0.4, 0.5) is 4.39 Å². The number of hydrogen-bond acceptors (Lipinski definition) is 4. The minimum Gasteiger partial charge on any atom is -0.456 e. The molecule has 4 nitrogen and oxygen atoms in total. The Kier molecular flexibility index (Phi) is 8.15. The van der Waals surface area contributed by atoms with E-state index in [-0.39, 0.29) is 16.6 Å². The van der Waals surface area contributed by atoms with E-state index in [0.717, 1.165) is 77.7 Å².